The van der Waals surface area contributed by atoms with Gasteiger partial charge in [-0.05, 0) is 17.7 Å². The van der Waals surface area contributed by atoms with Crippen molar-refractivity contribution in [3.05, 3.63) is 66.0 Å². The van der Waals surface area contributed by atoms with E-state index in [1.165, 1.54) is 5.56 Å². The molecule has 100 valence electrons. The van der Waals surface area contributed by atoms with Gasteiger partial charge in [0.25, 0.3) is 0 Å². The van der Waals surface area contributed by atoms with Gasteiger partial charge in [-0.2, -0.15) is 0 Å². The summed E-state index contributed by atoms with van der Waals surface area (Å²) in [6.07, 6.45) is 0.154. The topological polar surface area (TPSA) is 60.9 Å². The molecule has 2 N–H and O–H groups in total. The number of aromatic nitrogens is 2. The number of hydrogen-bond donors (Lipinski definition) is 1. The number of carbonyl (C=O) groups excluding carboxylic acids is 1. The highest BCUT2D eigenvalue weighted by Gasteiger charge is 2.12. The average Bonchev–Trinajstić information content (AvgIpc) is 2.77. The lowest BCUT2D eigenvalue weighted by Gasteiger charge is -2.08. The molecule has 0 fully saturated rings. The Morgan fingerprint density at radius 2 is 1.75 bits per heavy atom. The molecule has 1 aromatic heterocycles. The minimum Gasteiger partial charge on any atom is -0.369 e. The Hall–Kier alpha value is -2.62. The van der Waals surface area contributed by atoms with Crippen molar-refractivity contribution in [1.29, 1.82) is 0 Å². The summed E-state index contributed by atoms with van der Waals surface area (Å²) < 4.78 is 2.05. The zero-order valence-corrected chi connectivity index (χ0v) is 11.0. The molecule has 4 heteroatoms. The Bertz CT molecular complexity index is 747. The Kier molecular flexibility index (Phi) is 3.21. The van der Waals surface area contributed by atoms with E-state index in [2.05, 4.69) is 21.7 Å². The highest BCUT2D eigenvalue weighted by atomic mass is 16.1. The van der Waals surface area contributed by atoms with Gasteiger partial charge in [-0.15, -0.1) is 0 Å². The first-order valence-electron chi connectivity index (χ1n) is 6.50. The van der Waals surface area contributed by atoms with E-state index in [1.54, 1.807) is 0 Å². The lowest BCUT2D eigenvalue weighted by Crippen LogP contribution is -2.17. The van der Waals surface area contributed by atoms with Gasteiger partial charge in [0.1, 0.15) is 5.82 Å². The maximum absolute atomic E-state index is 11.2. The van der Waals surface area contributed by atoms with Crippen LogP contribution in [0.4, 0.5) is 0 Å². The summed E-state index contributed by atoms with van der Waals surface area (Å²) in [5.41, 5.74) is 8.39. The highest BCUT2D eigenvalue weighted by molar-refractivity contribution is 5.80. The zero-order chi connectivity index (χ0) is 13.9. The molecule has 3 rings (SSSR count). The lowest BCUT2D eigenvalue weighted by molar-refractivity contribution is -0.117. The summed E-state index contributed by atoms with van der Waals surface area (Å²) >= 11 is 0. The Morgan fingerprint density at radius 1 is 1.05 bits per heavy atom. The smallest absolute Gasteiger partial charge is 0.225 e. The second kappa shape index (κ2) is 5.17. The van der Waals surface area contributed by atoms with Gasteiger partial charge in [-0.3, -0.25) is 4.79 Å². The fraction of sp³-hybridized carbons (Fsp3) is 0.125. The maximum Gasteiger partial charge on any atom is 0.225 e. The molecule has 4 nitrogen and oxygen atoms in total. The van der Waals surface area contributed by atoms with Crippen molar-refractivity contribution < 1.29 is 4.79 Å². The fourth-order valence-corrected chi connectivity index (χ4v) is 2.36. The van der Waals surface area contributed by atoms with Gasteiger partial charge in [0.15, 0.2) is 0 Å². The van der Waals surface area contributed by atoms with Crippen molar-refractivity contribution in [3.8, 4) is 0 Å². The van der Waals surface area contributed by atoms with Gasteiger partial charge in [-0.25, -0.2) is 4.98 Å². The third-order valence-electron chi connectivity index (χ3n) is 3.25. The predicted molar refractivity (Wildman–Crippen MR) is 78.2 cm³/mol. The van der Waals surface area contributed by atoms with Crippen LogP contribution in [0.5, 0.6) is 0 Å². The molecular formula is C16H15N3O. The van der Waals surface area contributed by atoms with E-state index < -0.39 is 0 Å². The van der Waals surface area contributed by atoms with Crippen LogP contribution in [-0.4, -0.2) is 15.5 Å². The number of fused-ring (bicyclic) bond motifs is 1. The van der Waals surface area contributed by atoms with Gasteiger partial charge in [-0.1, -0.05) is 42.5 Å². The van der Waals surface area contributed by atoms with Gasteiger partial charge in [0, 0.05) is 6.54 Å². The Labute approximate surface area is 116 Å². The third kappa shape index (κ3) is 2.40. The van der Waals surface area contributed by atoms with Gasteiger partial charge < -0.3 is 10.3 Å². The molecule has 0 spiro atoms. The summed E-state index contributed by atoms with van der Waals surface area (Å²) in [5.74, 6) is 0.345. The van der Waals surface area contributed by atoms with E-state index in [-0.39, 0.29) is 12.3 Å². The molecule has 20 heavy (non-hydrogen) atoms. The van der Waals surface area contributed by atoms with Crippen molar-refractivity contribution in [3.63, 3.8) is 0 Å². The van der Waals surface area contributed by atoms with Crippen LogP contribution in [0.2, 0.25) is 0 Å². The van der Waals surface area contributed by atoms with Crippen LogP contribution in [0.25, 0.3) is 11.0 Å². The average molecular weight is 265 g/mol. The molecule has 1 heterocycles. The largest absolute Gasteiger partial charge is 0.369 e. The summed E-state index contributed by atoms with van der Waals surface area (Å²) in [6.45, 7) is 0.684. The second-order valence-corrected chi connectivity index (χ2v) is 4.73. The summed E-state index contributed by atoms with van der Waals surface area (Å²) in [4.78, 5) is 15.7. The van der Waals surface area contributed by atoms with Gasteiger partial charge >= 0.3 is 0 Å². The first-order chi connectivity index (χ1) is 9.74. The number of imidazole rings is 1. The second-order valence-electron chi connectivity index (χ2n) is 4.73. The van der Waals surface area contributed by atoms with Crippen molar-refractivity contribution in [2.45, 2.75) is 13.0 Å². The maximum atomic E-state index is 11.2. The van der Waals surface area contributed by atoms with Crippen LogP contribution < -0.4 is 5.73 Å². The van der Waals surface area contributed by atoms with Crippen molar-refractivity contribution in [1.82, 2.24) is 9.55 Å². The van der Waals surface area contributed by atoms with E-state index in [0.29, 0.717) is 12.4 Å². The van der Waals surface area contributed by atoms with E-state index in [4.69, 9.17) is 5.73 Å². The molecular weight excluding hydrogens is 250 g/mol. The Balaban J connectivity index is 2.08. The van der Waals surface area contributed by atoms with Crippen LogP contribution >= 0.6 is 0 Å². The normalized spacial score (nSPS) is 10.8. The number of rotatable bonds is 4. The number of hydrogen-bond acceptors (Lipinski definition) is 2. The molecule has 3 aromatic rings. The molecule has 0 aliphatic heterocycles. The van der Waals surface area contributed by atoms with E-state index in [0.717, 1.165) is 11.0 Å². The summed E-state index contributed by atoms with van der Waals surface area (Å²) in [7, 11) is 0. The fourth-order valence-electron chi connectivity index (χ4n) is 2.36. The van der Waals surface area contributed by atoms with Crippen LogP contribution in [0, 0.1) is 0 Å². The number of nitrogens with two attached hydrogens (primary N) is 1. The monoisotopic (exact) mass is 265 g/mol. The molecule has 0 unspecified atom stereocenters. The number of primary amides is 1. The molecule has 0 atom stereocenters. The summed E-state index contributed by atoms with van der Waals surface area (Å²) in [5, 5.41) is 0. The standard InChI is InChI=1S/C16H15N3O/c17-15(20)10-16-18-13-8-4-5-9-14(13)19(16)11-12-6-2-1-3-7-12/h1-9H,10-11H2,(H2,17,20). The highest BCUT2D eigenvalue weighted by Crippen LogP contribution is 2.18. The van der Waals surface area contributed by atoms with Gasteiger partial charge in [0.05, 0.1) is 17.5 Å². The SMILES string of the molecule is NC(=O)Cc1nc2ccccc2n1Cc1ccccc1. The molecule has 0 bridgehead atoms. The number of amides is 1. The summed E-state index contributed by atoms with van der Waals surface area (Å²) in [6, 6.07) is 18.0. The van der Waals surface area contributed by atoms with Crippen LogP contribution in [0.3, 0.4) is 0 Å². The number of carbonyl (C=O) groups is 1. The van der Waals surface area contributed by atoms with Crippen molar-refractivity contribution >= 4 is 16.9 Å². The lowest BCUT2D eigenvalue weighted by atomic mass is 10.2. The molecule has 0 aliphatic carbocycles. The minimum atomic E-state index is -0.366. The van der Waals surface area contributed by atoms with E-state index >= 15 is 0 Å². The molecule has 1 amide bonds. The minimum absolute atomic E-state index is 0.154. The van der Waals surface area contributed by atoms with E-state index in [1.807, 2.05) is 42.5 Å². The zero-order valence-electron chi connectivity index (χ0n) is 11.0. The third-order valence-corrected chi connectivity index (χ3v) is 3.25. The molecule has 0 radical (unpaired) electrons. The van der Waals surface area contributed by atoms with Crippen LogP contribution in [0.15, 0.2) is 54.6 Å². The quantitative estimate of drug-likeness (QED) is 0.785. The van der Waals surface area contributed by atoms with Gasteiger partial charge in [0.2, 0.25) is 5.91 Å². The van der Waals surface area contributed by atoms with Crippen molar-refractivity contribution in [2.75, 3.05) is 0 Å². The molecule has 0 saturated carbocycles. The molecule has 0 aliphatic rings. The first-order valence-corrected chi connectivity index (χ1v) is 6.50. The number of nitrogens with zero attached hydrogens (tertiary/aromatic N) is 2. The van der Waals surface area contributed by atoms with Crippen LogP contribution in [-0.2, 0) is 17.8 Å². The van der Waals surface area contributed by atoms with Crippen LogP contribution in [0.1, 0.15) is 11.4 Å². The van der Waals surface area contributed by atoms with E-state index in [9.17, 15) is 4.79 Å². The predicted octanol–water partition coefficient (Wildman–Crippen LogP) is 2.11. The number of benzene rings is 2. The van der Waals surface area contributed by atoms with Crippen molar-refractivity contribution in [2.24, 2.45) is 5.73 Å². The molecule has 0 saturated heterocycles. The molecule has 2 aromatic carbocycles. The first kappa shape index (κ1) is 12.4. The Morgan fingerprint density at radius 3 is 2.50 bits per heavy atom. The number of para-hydroxylation sites is 2.